The number of rotatable bonds is 7. The van der Waals surface area contributed by atoms with E-state index in [-0.39, 0.29) is 45.0 Å². The van der Waals surface area contributed by atoms with Crippen molar-refractivity contribution in [1.82, 2.24) is 14.9 Å². The number of halogens is 4. The molecule has 0 saturated heterocycles. The topological polar surface area (TPSA) is 82.5 Å². The van der Waals surface area contributed by atoms with Gasteiger partial charge in [-0.05, 0) is 44.0 Å². The minimum absolute atomic E-state index is 0.00641. The summed E-state index contributed by atoms with van der Waals surface area (Å²) in [7, 11) is -0.698. The molecule has 0 radical (unpaired) electrons. The van der Waals surface area contributed by atoms with Crippen LogP contribution in [0.25, 0.3) is 22.6 Å². The van der Waals surface area contributed by atoms with Crippen molar-refractivity contribution in [3.8, 4) is 28.3 Å². The molecular formula is C26H33ClF3N3O4Si. The number of alkyl halides is 3. The van der Waals surface area contributed by atoms with Gasteiger partial charge in [-0.2, -0.15) is 18.3 Å². The highest BCUT2D eigenvalue weighted by Crippen LogP contribution is 2.51. The monoisotopic (exact) mass is 571 g/mol. The second kappa shape index (κ2) is 9.69. The summed E-state index contributed by atoms with van der Waals surface area (Å²) in [5, 5.41) is 18.2. The number of nitrogens with zero attached hydrogens (tertiary/aromatic N) is 3. The van der Waals surface area contributed by atoms with Gasteiger partial charge in [-0.15, -0.1) is 0 Å². The zero-order chi connectivity index (χ0) is 28.3. The Morgan fingerprint density at radius 1 is 1.21 bits per heavy atom. The maximum atomic E-state index is 14.5. The summed E-state index contributed by atoms with van der Waals surface area (Å²) >= 11 is 6.25. The molecule has 1 aliphatic carbocycles. The zero-order valence-electron chi connectivity index (χ0n) is 22.5. The lowest BCUT2D eigenvalue weighted by Gasteiger charge is -2.52. The van der Waals surface area contributed by atoms with E-state index in [2.05, 4.69) is 44.1 Å². The Kier molecular flexibility index (Phi) is 7.31. The summed E-state index contributed by atoms with van der Waals surface area (Å²) in [4.78, 5) is 0. The van der Waals surface area contributed by atoms with E-state index >= 15 is 0 Å². The first kappa shape index (κ1) is 28.7. The van der Waals surface area contributed by atoms with Gasteiger partial charge in [0.15, 0.2) is 19.8 Å². The third-order valence-electron chi connectivity index (χ3n) is 7.61. The lowest BCUT2D eigenvalue weighted by molar-refractivity contribution is -0.148. The third kappa shape index (κ3) is 5.13. The molecular weight excluding hydrogens is 539 g/mol. The second-order valence-electron chi connectivity index (χ2n) is 11.6. The predicted molar refractivity (Wildman–Crippen MR) is 141 cm³/mol. The van der Waals surface area contributed by atoms with E-state index in [0.29, 0.717) is 18.4 Å². The minimum Gasteiger partial charge on any atom is -0.506 e. The first-order valence-corrected chi connectivity index (χ1v) is 15.6. The summed E-state index contributed by atoms with van der Waals surface area (Å²) in [6.07, 6.45) is -2.73. The molecule has 0 unspecified atom stereocenters. The number of hydrogen-bond donors (Lipinski definition) is 1. The predicted octanol–water partition coefficient (Wildman–Crippen LogP) is 7.84. The van der Waals surface area contributed by atoms with Crippen molar-refractivity contribution >= 4 is 19.9 Å². The number of aromatic nitrogens is 3. The van der Waals surface area contributed by atoms with Crippen LogP contribution in [0.1, 0.15) is 57.8 Å². The Hall–Kier alpha value is -2.34. The van der Waals surface area contributed by atoms with Crippen molar-refractivity contribution in [2.24, 2.45) is 0 Å². The Morgan fingerprint density at radius 2 is 1.87 bits per heavy atom. The average Bonchev–Trinajstić information content (AvgIpc) is 3.37. The van der Waals surface area contributed by atoms with E-state index in [1.807, 2.05) is 6.92 Å². The van der Waals surface area contributed by atoms with E-state index in [1.54, 1.807) is 12.1 Å². The lowest BCUT2D eigenvalue weighted by Crippen LogP contribution is -2.54. The van der Waals surface area contributed by atoms with Crippen LogP contribution in [0.3, 0.4) is 0 Å². The van der Waals surface area contributed by atoms with Crippen LogP contribution in [0, 0.1) is 0 Å². The molecule has 7 nitrogen and oxygen atoms in total. The Morgan fingerprint density at radius 3 is 2.45 bits per heavy atom. The summed E-state index contributed by atoms with van der Waals surface area (Å²) in [5.74, 6) is -0.298. The second-order valence-corrected chi connectivity index (χ2v) is 16.7. The number of phenolic OH excluding ortho intramolecular Hbond substituents is 1. The third-order valence-corrected chi connectivity index (χ3v) is 12.6. The van der Waals surface area contributed by atoms with Crippen LogP contribution in [0.15, 0.2) is 28.9 Å². The fourth-order valence-corrected chi connectivity index (χ4v) is 6.68. The molecule has 1 aromatic carbocycles. The molecule has 208 valence electrons. The van der Waals surface area contributed by atoms with Crippen LogP contribution in [0.2, 0.25) is 23.2 Å². The van der Waals surface area contributed by atoms with Crippen LogP contribution in [-0.2, 0) is 21.9 Å². The molecule has 1 N–H and O–H groups in total. The quantitative estimate of drug-likeness (QED) is 0.291. The van der Waals surface area contributed by atoms with Crippen molar-refractivity contribution in [2.75, 3.05) is 7.11 Å². The molecule has 2 heterocycles. The molecule has 0 aliphatic heterocycles. The molecule has 12 heteroatoms. The van der Waals surface area contributed by atoms with E-state index in [9.17, 15) is 18.3 Å². The molecule has 1 saturated carbocycles. The normalized spacial score (nSPS) is 20.6. The molecule has 1 aliphatic rings. The molecule has 0 spiro atoms. The van der Waals surface area contributed by atoms with E-state index in [1.165, 1.54) is 13.2 Å². The summed E-state index contributed by atoms with van der Waals surface area (Å²) in [5.41, 5.74) is -0.910. The van der Waals surface area contributed by atoms with Gasteiger partial charge in [-0.25, -0.2) is 0 Å². The highest BCUT2D eigenvalue weighted by molar-refractivity contribution is 6.74. The highest BCUT2D eigenvalue weighted by atomic mass is 35.5. The Balaban J connectivity index is 1.73. The molecule has 1 fully saturated rings. The van der Waals surface area contributed by atoms with Gasteiger partial charge in [0.25, 0.3) is 0 Å². The molecule has 0 atom stereocenters. The first-order valence-electron chi connectivity index (χ1n) is 12.3. The van der Waals surface area contributed by atoms with Gasteiger partial charge in [0, 0.05) is 12.7 Å². The fourth-order valence-electron chi connectivity index (χ4n) is 4.76. The van der Waals surface area contributed by atoms with Gasteiger partial charge < -0.3 is 18.8 Å². The van der Waals surface area contributed by atoms with E-state index in [4.69, 9.17) is 25.3 Å². The molecule has 3 aromatic rings. The Bertz CT molecular complexity index is 1320. The van der Waals surface area contributed by atoms with E-state index in [0.717, 1.165) is 10.9 Å². The molecule has 4 rings (SSSR count). The van der Waals surface area contributed by atoms with Crippen molar-refractivity contribution in [2.45, 2.75) is 83.1 Å². The van der Waals surface area contributed by atoms with Gasteiger partial charge in [0.2, 0.25) is 0 Å². The van der Waals surface area contributed by atoms with E-state index < -0.39 is 31.8 Å². The number of aromatic hydroxyl groups is 1. The summed E-state index contributed by atoms with van der Waals surface area (Å²) < 4.78 is 61.8. The minimum atomic E-state index is -4.71. The number of methoxy groups -OCH3 is 1. The highest BCUT2D eigenvalue weighted by Gasteiger charge is 2.52. The smallest absolute Gasteiger partial charge is 0.433 e. The molecule has 0 amide bonds. The number of phenols is 1. The van der Waals surface area contributed by atoms with Gasteiger partial charge >= 0.3 is 6.18 Å². The maximum Gasteiger partial charge on any atom is 0.433 e. The van der Waals surface area contributed by atoms with Crippen LogP contribution in [-0.4, -0.2) is 41.1 Å². The lowest BCUT2D eigenvalue weighted by atomic mass is 9.77. The molecule has 2 aromatic heterocycles. The number of hydrogen-bond acceptors (Lipinski definition) is 6. The van der Waals surface area contributed by atoms with Crippen molar-refractivity contribution in [3.05, 3.63) is 40.7 Å². The average molecular weight is 572 g/mol. The van der Waals surface area contributed by atoms with Crippen molar-refractivity contribution in [3.63, 3.8) is 0 Å². The molecule has 0 bridgehead atoms. The van der Waals surface area contributed by atoms with Crippen molar-refractivity contribution < 1.29 is 32.0 Å². The zero-order valence-corrected chi connectivity index (χ0v) is 24.3. The number of ether oxygens (including phenoxy) is 1. The van der Waals surface area contributed by atoms with Crippen molar-refractivity contribution in [1.29, 1.82) is 0 Å². The summed E-state index contributed by atoms with van der Waals surface area (Å²) in [6, 6.07) is 4.06. The summed E-state index contributed by atoms with van der Waals surface area (Å²) in [6.45, 7) is 12.5. The van der Waals surface area contributed by atoms with Crippen LogP contribution in [0.5, 0.6) is 5.75 Å². The Labute approximate surface area is 226 Å². The van der Waals surface area contributed by atoms with Gasteiger partial charge in [0.05, 0.1) is 40.6 Å². The van der Waals surface area contributed by atoms with Crippen LogP contribution < -0.4 is 0 Å². The fraction of sp³-hybridized carbons (Fsp3) is 0.538. The van der Waals surface area contributed by atoms with Gasteiger partial charge in [-0.1, -0.05) is 49.7 Å². The largest absolute Gasteiger partial charge is 0.506 e. The van der Waals surface area contributed by atoms with Gasteiger partial charge in [-0.3, -0.25) is 4.68 Å². The van der Waals surface area contributed by atoms with Crippen LogP contribution in [0.4, 0.5) is 13.2 Å². The van der Waals surface area contributed by atoms with Crippen LogP contribution >= 0.6 is 11.6 Å². The molecule has 38 heavy (non-hydrogen) atoms. The SMILES string of the molecule is COCc1c(-c2cccc(O)c2Cl)noc1-c1cnn(C2CC(C)(O[Si](C)(C)C(C)(C)C)C2)c1C(F)(F)F. The first-order chi connectivity index (χ1) is 17.5. The number of benzene rings is 1. The standard InChI is InChI=1S/C26H33ClF3N3O4Si/c1-24(2,3)38(6,7)37-25(4)11-15(12-25)33-23(26(28,29)30)17(13-31-33)22-18(14-35-5)21(32-36-22)16-9-8-10-19(34)20(16)27/h8-10,13,15,34H,11-12,14H2,1-7H3. The van der Waals surface area contributed by atoms with Gasteiger partial charge in [0.1, 0.15) is 11.4 Å². The maximum absolute atomic E-state index is 14.5.